The fraction of sp³-hybridized carbons (Fsp3) is 0.556. The van der Waals surface area contributed by atoms with Gasteiger partial charge in [-0.3, -0.25) is 0 Å². The van der Waals surface area contributed by atoms with Crippen molar-refractivity contribution in [1.82, 2.24) is 0 Å². The van der Waals surface area contributed by atoms with Gasteiger partial charge in [-0.05, 0) is 0 Å². The Bertz CT molecular complexity index is 473. The third-order valence-corrected chi connectivity index (χ3v) is 44.5. The minimum atomic E-state index is -1.94. The topological polar surface area (TPSA) is 0 Å². The van der Waals surface area contributed by atoms with E-state index in [9.17, 15) is 0 Å². The molecule has 3 heteroatoms. The van der Waals surface area contributed by atoms with E-state index in [-0.39, 0.29) is 0 Å². The molecule has 2 aliphatic rings. The molecule has 0 spiro atoms. The van der Waals surface area contributed by atoms with Crippen LogP contribution < -0.4 is 0 Å². The molecule has 116 valence electrons. The molecule has 0 aliphatic heterocycles. The third kappa shape index (κ3) is 4.58. The summed E-state index contributed by atoms with van der Waals surface area (Å²) in [5.74, 6) is 0. The van der Waals surface area contributed by atoms with Crippen LogP contribution in [0, 0.1) is 0 Å². The molecule has 0 unspecified atom stereocenters. The summed E-state index contributed by atoms with van der Waals surface area (Å²) in [5, 5.41) is 3.60. The van der Waals surface area contributed by atoms with Crippen LogP contribution in [0.3, 0.4) is 0 Å². The molecule has 0 heterocycles. The van der Waals surface area contributed by atoms with Crippen molar-refractivity contribution in [3.05, 3.63) is 46.8 Å². The second-order valence-electron chi connectivity index (χ2n) is 8.93. The molecule has 0 saturated heterocycles. The Labute approximate surface area is 138 Å². The average Bonchev–Trinajstić information content (AvgIpc) is 3.00. The monoisotopic (exact) mass is 424 g/mol. The molecular weight excluding hydrogens is 391 g/mol. The van der Waals surface area contributed by atoms with Crippen LogP contribution in [0.15, 0.2) is 46.8 Å². The van der Waals surface area contributed by atoms with Crippen molar-refractivity contribution in [2.75, 3.05) is 0 Å². The van der Waals surface area contributed by atoms with Gasteiger partial charge in [-0.15, -0.1) is 0 Å². The standard InChI is InChI=1S/2C8H13Si.2CH3.Sn/c2*1-9(2,3)8-6-4-5-7-8;;;/h2*4-6H,1,7H2,2-3H3;2*1H3;. The predicted molar refractivity (Wildman–Crippen MR) is 106 cm³/mol. The van der Waals surface area contributed by atoms with Crippen LogP contribution in [-0.4, -0.2) is 34.5 Å². The van der Waals surface area contributed by atoms with Gasteiger partial charge in [0.2, 0.25) is 0 Å². The summed E-state index contributed by atoms with van der Waals surface area (Å²) in [6.07, 6.45) is 16.6. The van der Waals surface area contributed by atoms with Crippen LogP contribution >= 0.6 is 0 Å². The number of allylic oxidation sites excluding steroid dienone is 8. The van der Waals surface area contributed by atoms with Crippen molar-refractivity contribution in [1.29, 1.82) is 0 Å². The second kappa shape index (κ2) is 6.36. The van der Waals surface area contributed by atoms with E-state index in [1.165, 1.54) is 12.8 Å². The van der Waals surface area contributed by atoms with Gasteiger partial charge in [0.05, 0.1) is 0 Å². The molecule has 0 amide bonds. The van der Waals surface area contributed by atoms with Gasteiger partial charge in [-0.2, -0.15) is 0 Å². The fourth-order valence-electron chi connectivity index (χ4n) is 4.58. The Hall–Kier alpha value is 0.192. The molecule has 0 fully saturated rings. The minimum absolute atomic E-state index is 1.17. The summed E-state index contributed by atoms with van der Waals surface area (Å²) in [6.45, 7) is 10.5. The number of hydrogen-bond donors (Lipinski definition) is 0. The summed E-state index contributed by atoms with van der Waals surface area (Å²) in [6, 6.07) is 0. The summed E-state index contributed by atoms with van der Waals surface area (Å²) >= 11 is -1.94. The first-order chi connectivity index (χ1) is 9.62. The van der Waals surface area contributed by atoms with Gasteiger partial charge >= 0.3 is 138 Å². The first-order valence-electron chi connectivity index (χ1n) is 8.35. The van der Waals surface area contributed by atoms with Crippen LogP contribution in [0.2, 0.25) is 44.2 Å². The Morgan fingerprint density at radius 1 is 0.810 bits per heavy atom. The molecule has 2 rings (SSSR count). The van der Waals surface area contributed by atoms with Gasteiger partial charge in [0.1, 0.15) is 0 Å². The van der Waals surface area contributed by atoms with Crippen molar-refractivity contribution in [3.8, 4) is 0 Å². The van der Waals surface area contributed by atoms with E-state index in [4.69, 9.17) is 0 Å². The molecule has 0 aromatic rings. The Morgan fingerprint density at radius 3 is 1.48 bits per heavy atom. The van der Waals surface area contributed by atoms with E-state index in [1.54, 1.807) is 18.5 Å². The van der Waals surface area contributed by atoms with E-state index in [2.05, 4.69) is 72.5 Å². The third-order valence-electron chi connectivity index (χ3n) is 5.12. The quantitative estimate of drug-likeness (QED) is 0.457. The van der Waals surface area contributed by atoms with Gasteiger partial charge in [-0.25, -0.2) is 0 Å². The fourth-order valence-corrected chi connectivity index (χ4v) is 60.8. The number of hydrogen-bond acceptors (Lipinski definition) is 0. The summed E-state index contributed by atoms with van der Waals surface area (Å²) < 4.78 is 3.26. The second-order valence-corrected chi connectivity index (χ2v) is 36.9. The Kier molecular flexibility index (Phi) is 5.32. The van der Waals surface area contributed by atoms with E-state index in [0.717, 1.165) is 0 Å². The van der Waals surface area contributed by atoms with Gasteiger partial charge in [0.15, 0.2) is 0 Å². The molecule has 2 aliphatic carbocycles. The first kappa shape index (κ1) is 17.5. The van der Waals surface area contributed by atoms with Gasteiger partial charge in [0.25, 0.3) is 0 Å². The Morgan fingerprint density at radius 2 is 1.19 bits per heavy atom. The van der Waals surface area contributed by atoms with Gasteiger partial charge in [0, 0.05) is 0 Å². The van der Waals surface area contributed by atoms with E-state index < -0.39 is 34.5 Å². The molecule has 0 bridgehead atoms. The normalized spacial score (nSPS) is 19.1. The van der Waals surface area contributed by atoms with Crippen LogP contribution in [0.1, 0.15) is 12.8 Å². The molecular formula is C18H32Si2Sn. The summed E-state index contributed by atoms with van der Waals surface area (Å²) in [7, 11) is -2.33. The van der Waals surface area contributed by atoms with Crippen LogP contribution in [-0.2, 0) is 0 Å². The molecule has 0 aromatic heterocycles. The van der Waals surface area contributed by atoms with Crippen molar-refractivity contribution in [2.24, 2.45) is 0 Å². The van der Waals surface area contributed by atoms with Crippen LogP contribution in [0.25, 0.3) is 0 Å². The molecule has 0 N–H and O–H groups in total. The van der Waals surface area contributed by atoms with E-state index >= 15 is 0 Å². The summed E-state index contributed by atoms with van der Waals surface area (Å²) in [4.78, 5) is 5.45. The SMILES string of the molecule is C[Si](C)([CH2][Sn]([CH3])([CH3])[CH2][Si](C)(C)C1=CC=CC1)C1=CC=CC1. The molecule has 0 nitrogen and oxygen atoms in total. The molecule has 0 atom stereocenters. The van der Waals surface area contributed by atoms with Gasteiger partial charge < -0.3 is 0 Å². The maximum atomic E-state index is 2.73. The maximum absolute atomic E-state index is 2.73. The zero-order valence-corrected chi connectivity index (χ0v) is 19.6. The Balaban J connectivity index is 2.04. The zero-order valence-electron chi connectivity index (χ0n) is 14.8. The van der Waals surface area contributed by atoms with Crippen molar-refractivity contribution >= 4 is 34.5 Å². The average molecular weight is 423 g/mol. The molecule has 21 heavy (non-hydrogen) atoms. The van der Waals surface area contributed by atoms with Gasteiger partial charge in [-0.1, -0.05) is 0 Å². The van der Waals surface area contributed by atoms with Crippen molar-refractivity contribution < 1.29 is 0 Å². The predicted octanol–water partition coefficient (Wildman–Crippen LogP) is 6.04. The number of rotatable bonds is 6. The van der Waals surface area contributed by atoms with Crippen LogP contribution in [0.4, 0.5) is 0 Å². The first-order valence-corrected chi connectivity index (χ1v) is 24.5. The molecule has 0 radical (unpaired) electrons. The van der Waals surface area contributed by atoms with Crippen molar-refractivity contribution in [2.45, 2.75) is 57.0 Å². The molecule has 0 aromatic carbocycles. The van der Waals surface area contributed by atoms with E-state index in [0.29, 0.717) is 0 Å². The van der Waals surface area contributed by atoms with Crippen LogP contribution in [0.5, 0.6) is 0 Å². The van der Waals surface area contributed by atoms with E-state index in [1.807, 2.05) is 0 Å². The van der Waals surface area contributed by atoms with Crippen molar-refractivity contribution in [3.63, 3.8) is 0 Å². The zero-order chi connectivity index (χ0) is 15.7. The molecule has 0 saturated carbocycles. The summed E-state index contributed by atoms with van der Waals surface area (Å²) in [5.41, 5.74) is 0.